The Morgan fingerprint density at radius 2 is 2.00 bits per heavy atom. The van der Waals surface area contributed by atoms with Crippen molar-refractivity contribution in [3.05, 3.63) is 76.0 Å². The number of hydrogen-bond donors (Lipinski definition) is 3. The number of benzene rings is 2. The number of H-pyrrole nitrogens is 1. The molecule has 1 fully saturated rings. The number of para-hydroxylation sites is 1. The number of nitro benzene ring substituents is 1. The number of nitrogens with one attached hydrogen (secondary N) is 3. The van der Waals surface area contributed by atoms with Crippen LogP contribution in [0.1, 0.15) is 17.5 Å². The van der Waals surface area contributed by atoms with Crippen molar-refractivity contribution in [1.82, 2.24) is 15.6 Å². The van der Waals surface area contributed by atoms with Gasteiger partial charge in [-0.15, -0.1) is 24.0 Å². The van der Waals surface area contributed by atoms with Crippen LogP contribution in [0.25, 0.3) is 10.9 Å². The summed E-state index contributed by atoms with van der Waals surface area (Å²) in [7, 11) is 0. The first-order valence-corrected chi connectivity index (χ1v) is 10.6. The standard InChI is InChI=1S/C23H27N5O3.HI/c29-28(30)20-7-5-17(6-8-20)13-26-23(27-14-18-10-12-31-16-18)24-11-9-19-15-25-22-4-2-1-3-21(19)22;/h1-8,15,18,25H,9-14,16H2,(H2,24,26,27);1H. The van der Waals surface area contributed by atoms with Gasteiger partial charge in [-0.3, -0.25) is 10.1 Å². The van der Waals surface area contributed by atoms with Crippen LogP contribution in [0.2, 0.25) is 0 Å². The molecule has 4 rings (SSSR count). The van der Waals surface area contributed by atoms with E-state index in [-0.39, 0.29) is 29.7 Å². The number of ether oxygens (including phenoxy) is 1. The van der Waals surface area contributed by atoms with E-state index in [4.69, 9.17) is 4.74 Å². The van der Waals surface area contributed by atoms with Crippen LogP contribution in [0.15, 0.2) is 59.7 Å². The normalized spacial score (nSPS) is 16.0. The summed E-state index contributed by atoms with van der Waals surface area (Å²) < 4.78 is 5.46. The van der Waals surface area contributed by atoms with Crippen molar-refractivity contribution in [2.45, 2.75) is 19.4 Å². The Kier molecular flexibility index (Phi) is 8.86. The minimum atomic E-state index is -0.393. The summed E-state index contributed by atoms with van der Waals surface area (Å²) in [6, 6.07) is 14.8. The average molecular weight is 549 g/mol. The van der Waals surface area contributed by atoms with Crippen LogP contribution in [0, 0.1) is 16.0 Å². The first-order chi connectivity index (χ1) is 15.2. The van der Waals surface area contributed by atoms with Crippen LogP contribution in [0.3, 0.4) is 0 Å². The van der Waals surface area contributed by atoms with E-state index in [1.54, 1.807) is 12.1 Å². The Bertz CT molecular complexity index is 1050. The summed E-state index contributed by atoms with van der Waals surface area (Å²) in [5, 5.41) is 18.9. The van der Waals surface area contributed by atoms with Gasteiger partial charge in [0.1, 0.15) is 0 Å². The van der Waals surface area contributed by atoms with E-state index < -0.39 is 4.92 Å². The molecule has 3 N–H and O–H groups in total. The predicted molar refractivity (Wildman–Crippen MR) is 137 cm³/mol. The molecule has 1 aromatic heterocycles. The summed E-state index contributed by atoms with van der Waals surface area (Å²) in [6.07, 6.45) is 3.98. The van der Waals surface area contributed by atoms with Gasteiger partial charge in [-0.2, -0.15) is 0 Å². The Balaban J connectivity index is 0.00000289. The van der Waals surface area contributed by atoms with E-state index >= 15 is 0 Å². The third-order valence-electron chi connectivity index (χ3n) is 5.51. The van der Waals surface area contributed by atoms with Crippen LogP contribution in [-0.2, 0) is 17.7 Å². The number of aromatic nitrogens is 1. The summed E-state index contributed by atoms with van der Waals surface area (Å²) in [4.78, 5) is 18.4. The van der Waals surface area contributed by atoms with Crippen molar-refractivity contribution < 1.29 is 9.66 Å². The molecule has 32 heavy (non-hydrogen) atoms. The van der Waals surface area contributed by atoms with E-state index in [1.807, 2.05) is 6.07 Å². The number of fused-ring (bicyclic) bond motifs is 1. The maximum atomic E-state index is 10.8. The fourth-order valence-electron chi connectivity index (χ4n) is 3.71. The van der Waals surface area contributed by atoms with Crippen LogP contribution < -0.4 is 10.6 Å². The topological polar surface area (TPSA) is 105 Å². The molecule has 170 valence electrons. The molecule has 1 aliphatic heterocycles. The van der Waals surface area contributed by atoms with Crippen LogP contribution in [-0.4, -0.2) is 42.2 Å². The minimum Gasteiger partial charge on any atom is -0.381 e. The number of non-ortho nitro benzene ring substituents is 1. The maximum Gasteiger partial charge on any atom is 0.269 e. The van der Waals surface area contributed by atoms with Gasteiger partial charge in [0.05, 0.1) is 18.1 Å². The van der Waals surface area contributed by atoms with Gasteiger partial charge in [-0.1, -0.05) is 30.3 Å². The third-order valence-corrected chi connectivity index (χ3v) is 5.51. The fourth-order valence-corrected chi connectivity index (χ4v) is 3.71. The summed E-state index contributed by atoms with van der Waals surface area (Å²) in [5.41, 5.74) is 3.42. The number of hydrogen-bond acceptors (Lipinski definition) is 4. The lowest BCUT2D eigenvalue weighted by Gasteiger charge is -2.15. The highest BCUT2D eigenvalue weighted by molar-refractivity contribution is 14.0. The summed E-state index contributed by atoms with van der Waals surface area (Å²) in [6.45, 7) is 3.59. The Hall–Kier alpha value is -2.66. The van der Waals surface area contributed by atoms with E-state index in [0.717, 1.165) is 56.2 Å². The molecule has 2 heterocycles. The zero-order valence-corrected chi connectivity index (χ0v) is 20.1. The molecule has 0 saturated carbocycles. The number of rotatable bonds is 8. The smallest absolute Gasteiger partial charge is 0.269 e. The van der Waals surface area contributed by atoms with Crippen molar-refractivity contribution in [2.75, 3.05) is 26.3 Å². The highest BCUT2D eigenvalue weighted by Crippen LogP contribution is 2.18. The van der Waals surface area contributed by atoms with Gasteiger partial charge >= 0.3 is 0 Å². The Morgan fingerprint density at radius 3 is 2.75 bits per heavy atom. The second-order valence-electron chi connectivity index (χ2n) is 7.74. The largest absolute Gasteiger partial charge is 0.381 e. The van der Waals surface area contributed by atoms with Crippen molar-refractivity contribution in [1.29, 1.82) is 0 Å². The van der Waals surface area contributed by atoms with Gasteiger partial charge in [-0.05, 0) is 30.0 Å². The summed E-state index contributed by atoms with van der Waals surface area (Å²) >= 11 is 0. The van der Waals surface area contributed by atoms with E-state index in [2.05, 4.69) is 45.0 Å². The lowest BCUT2D eigenvalue weighted by molar-refractivity contribution is -0.384. The first-order valence-electron chi connectivity index (χ1n) is 10.6. The quantitative estimate of drug-likeness (QED) is 0.130. The SMILES string of the molecule is I.O=[N+]([O-])c1ccc(CN=C(NCCc2c[nH]c3ccccc23)NCC2CCOC2)cc1. The molecule has 0 spiro atoms. The molecule has 9 heteroatoms. The number of halogens is 1. The highest BCUT2D eigenvalue weighted by atomic mass is 127. The van der Waals surface area contributed by atoms with Gasteiger partial charge < -0.3 is 20.4 Å². The van der Waals surface area contributed by atoms with Crippen molar-refractivity contribution in [2.24, 2.45) is 10.9 Å². The Labute approximate surface area is 204 Å². The highest BCUT2D eigenvalue weighted by Gasteiger charge is 2.16. The maximum absolute atomic E-state index is 10.8. The molecule has 1 atom stereocenters. The molecule has 2 aromatic carbocycles. The van der Waals surface area contributed by atoms with E-state index in [0.29, 0.717) is 12.5 Å². The predicted octanol–water partition coefficient (Wildman–Crippen LogP) is 4.01. The van der Waals surface area contributed by atoms with Gasteiger partial charge in [0.15, 0.2) is 5.96 Å². The van der Waals surface area contributed by atoms with Crippen molar-refractivity contribution in [3.8, 4) is 0 Å². The van der Waals surface area contributed by atoms with E-state index in [1.165, 1.54) is 23.1 Å². The first kappa shape index (κ1) is 24.0. The lowest BCUT2D eigenvalue weighted by atomic mass is 10.1. The van der Waals surface area contributed by atoms with Gasteiger partial charge in [0, 0.05) is 54.8 Å². The Morgan fingerprint density at radius 1 is 1.19 bits per heavy atom. The van der Waals surface area contributed by atoms with Crippen LogP contribution >= 0.6 is 24.0 Å². The molecular weight excluding hydrogens is 521 g/mol. The number of aromatic amines is 1. The fraction of sp³-hybridized carbons (Fsp3) is 0.348. The molecule has 1 unspecified atom stereocenters. The molecule has 3 aromatic rings. The van der Waals surface area contributed by atoms with Gasteiger partial charge in [-0.25, -0.2) is 4.99 Å². The molecule has 0 radical (unpaired) electrons. The van der Waals surface area contributed by atoms with Gasteiger partial charge in [0.2, 0.25) is 0 Å². The van der Waals surface area contributed by atoms with Crippen molar-refractivity contribution in [3.63, 3.8) is 0 Å². The average Bonchev–Trinajstić information content (AvgIpc) is 3.46. The molecule has 8 nitrogen and oxygen atoms in total. The second-order valence-corrected chi connectivity index (χ2v) is 7.74. The van der Waals surface area contributed by atoms with Crippen LogP contribution in [0.4, 0.5) is 5.69 Å². The molecule has 1 saturated heterocycles. The minimum absolute atomic E-state index is 0. The molecule has 0 aliphatic carbocycles. The lowest BCUT2D eigenvalue weighted by Crippen LogP contribution is -2.40. The third kappa shape index (κ3) is 6.42. The summed E-state index contributed by atoms with van der Waals surface area (Å²) in [5.74, 6) is 1.23. The zero-order valence-electron chi connectivity index (χ0n) is 17.8. The van der Waals surface area contributed by atoms with Crippen LogP contribution in [0.5, 0.6) is 0 Å². The number of nitrogens with zero attached hydrogens (tertiary/aromatic N) is 2. The molecule has 1 aliphatic rings. The van der Waals surface area contributed by atoms with E-state index in [9.17, 15) is 10.1 Å². The second kappa shape index (κ2) is 11.8. The van der Waals surface area contributed by atoms with Gasteiger partial charge in [0.25, 0.3) is 5.69 Å². The molecule has 0 amide bonds. The molecular formula is C23H28IN5O3. The zero-order chi connectivity index (χ0) is 21.5. The number of nitro groups is 1. The molecule has 0 bridgehead atoms. The monoisotopic (exact) mass is 549 g/mol. The van der Waals surface area contributed by atoms with Crippen molar-refractivity contribution >= 4 is 46.5 Å². The number of aliphatic imine (C=N–C) groups is 1. The number of guanidine groups is 1.